The van der Waals surface area contributed by atoms with Crippen molar-refractivity contribution in [2.75, 3.05) is 13.1 Å². The monoisotopic (exact) mass is 448 g/mol. The topological polar surface area (TPSA) is 95.9 Å². The van der Waals surface area contributed by atoms with Gasteiger partial charge in [0.15, 0.2) is 0 Å². The number of carbonyl (C=O) groups excluding carboxylic acids is 1. The third-order valence-electron chi connectivity index (χ3n) is 5.77. The zero-order valence-corrected chi connectivity index (χ0v) is 18.6. The minimum atomic E-state index is -0.0953. The Morgan fingerprint density at radius 2 is 2.03 bits per heavy atom. The first-order chi connectivity index (χ1) is 15.5. The van der Waals surface area contributed by atoms with Gasteiger partial charge in [-0.3, -0.25) is 19.2 Å². The van der Waals surface area contributed by atoms with Crippen molar-refractivity contribution in [2.45, 2.75) is 25.4 Å². The van der Waals surface area contributed by atoms with Gasteiger partial charge in [0.25, 0.3) is 11.5 Å². The highest BCUT2D eigenvalue weighted by atomic mass is 32.1. The summed E-state index contributed by atoms with van der Waals surface area (Å²) < 4.78 is 1.62. The van der Waals surface area contributed by atoms with Crippen LogP contribution in [0.2, 0.25) is 0 Å². The van der Waals surface area contributed by atoms with Gasteiger partial charge < -0.3 is 10.3 Å². The molecule has 2 N–H and O–H groups in total. The van der Waals surface area contributed by atoms with Gasteiger partial charge in [-0.1, -0.05) is 30.3 Å². The average Bonchev–Trinajstić information content (AvgIpc) is 3.43. The van der Waals surface area contributed by atoms with Crippen molar-refractivity contribution in [3.63, 3.8) is 0 Å². The first-order valence-corrected chi connectivity index (χ1v) is 11.5. The van der Waals surface area contributed by atoms with Gasteiger partial charge in [-0.05, 0) is 24.5 Å². The summed E-state index contributed by atoms with van der Waals surface area (Å²) in [5.74, 6) is 0.599. The molecule has 0 radical (unpaired) electrons. The Morgan fingerprint density at radius 3 is 2.75 bits per heavy atom. The summed E-state index contributed by atoms with van der Waals surface area (Å²) in [6.07, 6.45) is 5.01. The average molecular weight is 449 g/mol. The first-order valence-electron chi connectivity index (χ1n) is 10.7. The molecular weight excluding hydrogens is 424 g/mol. The van der Waals surface area contributed by atoms with Crippen LogP contribution in [-0.2, 0) is 13.6 Å². The molecule has 4 heterocycles. The van der Waals surface area contributed by atoms with Crippen molar-refractivity contribution in [1.82, 2.24) is 30.0 Å². The van der Waals surface area contributed by atoms with E-state index < -0.39 is 0 Å². The van der Waals surface area contributed by atoms with Gasteiger partial charge >= 0.3 is 0 Å². The minimum Gasteiger partial charge on any atom is -0.349 e. The second-order valence-electron chi connectivity index (χ2n) is 8.13. The molecule has 3 aromatic heterocycles. The summed E-state index contributed by atoms with van der Waals surface area (Å²) in [4.78, 5) is 36.7. The molecule has 4 aromatic rings. The summed E-state index contributed by atoms with van der Waals surface area (Å²) >= 11 is 1.54. The number of H-pyrrole nitrogens is 1. The lowest BCUT2D eigenvalue weighted by atomic mass is 10.0. The van der Waals surface area contributed by atoms with Crippen molar-refractivity contribution in [2.24, 2.45) is 7.05 Å². The number of nitrogens with one attached hydrogen (secondary N) is 2. The molecule has 164 valence electrons. The van der Waals surface area contributed by atoms with Crippen LogP contribution in [0, 0.1) is 0 Å². The Hall–Kier alpha value is -3.30. The van der Waals surface area contributed by atoms with Crippen LogP contribution in [0.5, 0.6) is 0 Å². The number of aryl methyl sites for hydroxylation is 1. The Labute approximate surface area is 188 Å². The fourth-order valence-corrected chi connectivity index (χ4v) is 5.11. The van der Waals surface area contributed by atoms with E-state index in [9.17, 15) is 9.59 Å². The van der Waals surface area contributed by atoms with Crippen LogP contribution in [0.15, 0.2) is 53.6 Å². The highest BCUT2D eigenvalue weighted by Gasteiger charge is 2.22. The van der Waals surface area contributed by atoms with Crippen LogP contribution in [0.25, 0.3) is 20.7 Å². The molecule has 1 aromatic carbocycles. The number of nitrogens with zero attached hydrogens (tertiary/aromatic N) is 4. The first kappa shape index (κ1) is 20.6. The summed E-state index contributed by atoms with van der Waals surface area (Å²) in [6, 6.07) is 12.1. The lowest BCUT2D eigenvalue weighted by Gasteiger charge is -2.31. The van der Waals surface area contributed by atoms with E-state index in [0.717, 1.165) is 41.2 Å². The fraction of sp³-hybridized carbons (Fsp3) is 0.304. The Kier molecular flexibility index (Phi) is 5.59. The fourth-order valence-electron chi connectivity index (χ4n) is 4.05. The maximum atomic E-state index is 12.6. The molecule has 0 atom stereocenters. The number of rotatable bonds is 5. The number of fused-ring (bicyclic) bond motifs is 1. The molecule has 0 saturated carbocycles. The highest BCUT2D eigenvalue weighted by molar-refractivity contribution is 7.21. The normalized spacial score (nSPS) is 15.3. The molecule has 32 heavy (non-hydrogen) atoms. The van der Waals surface area contributed by atoms with Gasteiger partial charge in [-0.25, -0.2) is 4.98 Å². The zero-order valence-electron chi connectivity index (χ0n) is 17.7. The Balaban J connectivity index is 1.22. The number of likely N-dealkylation sites (tertiary alicyclic amines) is 1. The smallest absolute Gasteiger partial charge is 0.259 e. The van der Waals surface area contributed by atoms with E-state index in [1.807, 2.05) is 36.4 Å². The molecule has 0 bridgehead atoms. The van der Waals surface area contributed by atoms with E-state index in [4.69, 9.17) is 4.98 Å². The molecule has 5 rings (SSSR count). The zero-order chi connectivity index (χ0) is 22.1. The molecule has 1 saturated heterocycles. The number of thiophene rings is 1. The molecule has 1 fully saturated rings. The lowest BCUT2D eigenvalue weighted by Crippen LogP contribution is -2.44. The van der Waals surface area contributed by atoms with Gasteiger partial charge in [-0.2, -0.15) is 5.10 Å². The molecule has 9 heteroatoms. The number of aromatic amines is 1. The van der Waals surface area contributed by atoms with E-state index in [-0.39, 0.29) is 17.5 Å². The van der Waals surface area contributed by atoms with Gasteiger partial charge in [0.1, 0.15) is 10.7 Å². The molecule has 1 aliphatic rings. The second kappa shape index (κ2) is 8.68. The number of hydrogen-bond donors (Lipinski definition) is 2. The van der Waals surface area contributed by atoms with E-state index in [1.165, 1.54) is 0 Å². The second-order valence-corrected chi connectivity index (χ2v) is 9.17. The van der Waals surface area contributed by atoms with Crippen LogP contribution < -0.4 is 10.9 Å². The maximum absolute atomic E-state index is 12.6. The Bertz CT molecular complexity index is 1300. The van der Waals surface area contributed by atoms with Crippen LogP contribution in [0.3, 0.4) is 0 Å². The third kappa shape index (κ3) is 4.35. The van der Waals surface area contributed by atoms with E-state index in [0.29, 0.717) is 23.3 Å². The number of amides is 1. The summed E-state index contributed by atoms with van der Waals surface area (Å²) in [7, 11) is 1.80. The molecule has 1 aliphatic heterocycles. The van der Waals surface area contributed by atoms with Crippen molar-refractivity contribution < 1.29 is 4.79 Å². The minimum absolute atomic E-state index is 0.0834. The lowest BCUT2D eigenvalue weighted by molar-refractivity contribution is 0.0908. The number of carbonyl (C=O) groups is 1. The van der Waals surface area contributed by atoms with Gasteiger partial charge in [0.05, 0.1) is 23.7 Å². The maximum Gasteiger partial charge on any atom is 0.259 e. The molecule has 0 aliphatic carbocycles. The summed E-state index contributed by atoms with van der Waals surface area (Å²) in [5.41, 5.74) is 1.57. The molecule has 8 nitrogen and oxygen atoms in total. The van der Waals surface area contributed by atoms with Crippen molar-refractivity contribution in [3.05, 3.63) is 70.5 Å². The SMILES string of the molecule is Cn1cc(C(=O)NC2CCN(Cc3nc4sc(-c5ccccc5)cc4c(=O)[nH]3)CC2)cn1. The number of hydrogen-bond acceptors (Lipinski definition) is 6. The standard InChI is InChI=1S/C23H24N6O2S/c1-28-13-16(12-24-28)21(30)25-17-7-9-29(10-8-17)14-20-26-22(31)18-11-19(32-23(18)27-20)15-5-3-2-4-6-15/h2-6,11-13,17H,7-10,14H2,1H3,(H,25,30)(H,26,27,31). The van der Waals surface area contributed by atoms with Gasteiger partial charge in [-0.15, -0.1) is 11.3 Å². The van der Waals surface area contributed by atoms with Crippen LogP contribution in [0.4, 0.5) is 0 Å². The molecule has 1 amide bonds. The summed E-state index contributed by atoms with van der Waals surface area (Å²) in [5, 5.41) is 7.78. The predicted octanol–water partition coefficient (Wildman–Crippen LogP) is 2.78. The van der Waals surface area contributed by atoms with Gasteiger partial charge in [0, 0.05) is 37.3 Å². The molecule has 0 spiro atoms. The quantitative estimate of drug-likeness (QED) is 0.490. The summed E-state index contributed by atoms with van der Waals surface area (Å²) in [6.45, 7) is 2.26. The van der Waals surface area contributed by atoms with Crippen molar-refractivity contribution in [1.29, 1.82) is 0 Å². The largest absolute Gasteiger partial charge is 0.349 e. The third-order valence-corrected chi connectivity index (χ3v) is 6.85. The van der Waals surface area contributed by atoms with E-state index in [2.05, 4.69) is 20.3 Å². The van der Waals surface area contributed by atoms with Crippen LogP contribution in [0.1, 0.15) is 29.0 Å². The predicted molar refractivity (Wildman–Crippen MR) is 125 cm³/mol. The van der Waals surface area contributed by atoms with Crippen LogP contribution >= 0.6 is 11.3 Å². The highest BCUT2D eigenvalue weighted by Crippen LogP contribution is 2.30. The van der Waals surface area contributed by atoms with Gasteiger partial charge in [0.2, 0.25) is 0 Å². The molecule has 0 unspecified atom stereocenters. The van der Waals surface area contributed by atoms with E-state index >= 15 is 0 Å². The van der Waals surface area contributed by atoms with E-state index in [1.54, 1.807) is 35.5 Å². The Morgan fingerprint density at radius 1 is 1.25 bits per heavy atom. The number of piperidine rings is 1. The van der Waals surface area contributed by atoms with Crippen LogP contribution in [-0.4, -0.2) is 49.7 Å². The van der Waals surface area contributed by atoms with Crippen molar-refractivity contribution in [3.8, 4) is 10.4 Å². The number of benzene rings is 1. The van der Waals surface area contributed by atoms with Crippen molar-refractivity contribution >= 4 is 27.5 Å². The molecular formula is C23H24N6O2S. The number of aromatic nitrogens is 4.